The third-order valence-corrected chi connectivity index (χ3v) is 3.85. The van der Waals surface area contributed by atoms with Gasteiger partial charge < -0.3 is 10.0 Å². The number of amides is 1. The molecule has 1 rings (SSSR count). The summed E-state index contributed by atoms with van der Waals surface area (Å²) in [5.41, 5.74) is 0. The zero-order valence-electron chi connectivity index (χ0n) is 11.9. The van der Waals surface area contributed by atoms with Crippen LogP contribution in [0.5, 0.6) is 0 Å². The predicted octanol–water partition coefficient (Wildman–Crippen LogP) is 4.66. The van der Waals surface area contributed by atoms with Gasteiger partial charge in [0.1, 0.15) is 0 Å². The Kier molecular flexibility index (Phi) is 7.86. The van der Waals surface area contributed by atoms with Gasteiger partial charge in [0.2, 0.25) is 0 Å². The van der Waals surface area contributed by atoms with Crippen molar-refractivity contribution in [1.82, 2.24) is 4.90 Å². The number of carbonyl (C=O) groups is 1. The smallest absolute Gasteiger partial charge is 0.407 e. The van der Waals surface area contributed by atoms with Crippen molar-refractivity contribution in [3.63, 3.8) is 0 Å². The van der Waals surface area contributed by atoms with Crippen LogP contribution in [0, 0.1) is 0 Å². The molecule has 1 unspecified atom stereocenters. The van der Waals surface area contributed by atoms with Gasteiger partial charge in [0.15, 0.2) is 0 Å². The van der Waals surface area contributed by atoms with Crippen LogP contribution in [0.3, 0.4) is 0 Å². The number of nitrogens with zero attached hydrogens (tertiary/aromatic N) is 1. The van der Waals surface area contributed by atoms with Crippen LogP contribution >= 0.6 is 0 Å². The van der Waals surface area contributed by atoms with Crippen molar-refractivity contribution in [1.29, 1.82) is 0 Å². The van der Waals surface area contributed by atoms with Gasteiger partial charge in [0, 0.05) is 6.54 Å². The molecule has 1 atom stereocenters. The second-order valence-electron chi connectivity index (χ2n) is 5.56. The Balaban J connectivity index is 1.73. The van der Waals surface area contributed by atoms with E-state index < -0.39 is 6.09 Å². The van der Waals surface area contributed by atoms with Crippen molar-refractivity contribution in [2.75, 3.05) is 6.54 Å². The Labute approximate surface area is 112 Å². The molecule has 0 aromatic heterocycles. The van der Waals surface area contributed by atoms with Crippen molar-refractivity contribution in [2.24, 2.45) is 0 Å². The lowest BCUT2D eigenvalue weighted by Gasteiger charge is -2.02. The molecule has 0 aromatic carbocycles. The van der Waals surface area contributed by atoms with Gasteiger partial charge in [-0.1, -0.05) is 71.1 Å². The standard InChI is InChI=1S/C15H29NO2/c1-2-3-4-5-6-7-8-9-10-11-12-14-13-16(14)15(17)18/h14H,2-13H2,1H3,(H,17,18). The first-order valence-corrected chi connectivity index (χ1v) is 7.75. The minimum Gasteiger partial charge on any atom is -0.465 e. The summed E-state index contributed by atoms with van der Waals surface area (Å²) in [4.78, 5) is 12.1. The van der Waals surface area contributed by atoms with E-state index in [0.717, 1.165) is 13.0 Å². The number of hydrogen-bond donors (Lipinski definition) is 1. The Morgan fingerprint density at radius 2 is 1.50 bits per heavy atom. The largest absolute Gasteiger partial charge is 0.465 e. The number of rotatable bonds is 11. The van der Waals surface area contributed by atoms with E-state index in [2.05, 4.69) is 6.92 Å². The van der Waals surface area contributed by atoms with Crippen LogP contribution in [0.2, 0.25) is 0 Å². The molecule has 1 saturated heterocycles. The summed E-state index contributed by atoms with van der Waals surface area (Å²) in [6.07, 6.45) is 13.8. The van der Waals surface area contributed by atoms with E-state index in [1.54, 1.807) is 0 Å². The molecule has 1 aliphatic rings. The molecule has 1 amide bonds. The van der Waals surface area contributed by atoms with Gasteiger partial charge in [0.25, 0.3) is 0 Å². The monoisotopic (exact) mass is 255 g/mol. The molecule has 0 radical (unpaired) electrons. The maximum Gasteiger partial charge on any atom is 0.407 e. The SMILES string of the molecule is CCCCCCCCCCCCC1CN1C(=O)O. The van der Waals surface area contributed by atoms with E-state index in [1.165, 1.54) is 69.1 Å². The van der Waals surface area contributed by atoms with E-state index in [0.29, 0.717) is 6.04 Å². The Bertz CT molecular complexity index is 231. The highest BCUT2D eigenvalue weighted by atomic mass is 16.4. The molecule has 0 spiro atoms. The summed E-state index contributed by atoms with van der Waals surface area (Å²) in [6.45, 7) is 3.03. The van der Waals surface area contributed by atoms with E-state index in [4.69, 9.17) is 5.11 Å². The Morgan fingerprint density at radius 1 is 1.00 bits per heavy atom. The lowest BCUT2D eigenvalue weighted by atomic mass is 10.1. The molecule has 1 N–H and O–H groups in total. The van der Waals surface area contributed by atoms with Crippen LogP contribution < -0.4 is 0 Å². The minimum absolute atomic E-state index is 0.344. The van der Waals surface area contributed by atoms with Crippen LogP contribution in [0.25, 0.3) is 0 Å². The van der Waals surface area contributed by atoms with Crippen LogP contribution in [0.1, 0.15) is 77.6 Å². The maximum absolute atomic E-state index is 10.6. The van der Waals surface area contributed by atoms with Crippen LogP contribution in [0.15, 0.2) is 0 Å². The number of unbranched alkanes of at least 4 members (excludes halogenated alkanes) is 9. The van der Waals surface area contributed by atoms with Crippen molar-refractivity contribution in [3.05, 3.63) is 0 Å². The lowest BCUT2D eigenvalue weighted by Crippen LogP contribution is -2.09. The second-order valence-corrected chi connectivity index (χ2v) is 5.56. The topological polar surface area (TPSA) is 40.3 Å². The predicted molar refractivity (Wildman–Crippen MR) is 75.0 cm³/mol. The normalized spacial score (nSPS) is 18.1. The molecule has 106 valence electrons. The van der Waals surface area contributed by atoms with E-state index in [-0.39, 0.29) is 0 Å². The summed E-state index contributed by atoms with van der Waals surface area (Å²) >= 11 is 0. The molecule has 1 aliphatic heterocycles. The zero-order chi connectivity index (χ0) is 13.2. The number of carboxylic acid groups (broad SMARTS) is 1. The first kappa shape index (κ1) is 15.3. The van der Waals surface area contributed by atoms with Crippen LogP contribution in [-0.4, -0.2) is 28.7 Å². The van der Waals surface area contributed by atoms with Gasteiger partial charge in [-0.15, -0.1) is 0 Å². The van der Waals surface area contributed by atoms with Gasteiger partial charge in [0.05, 0.1) is 6.04 Å². The van der Waals surface area contributed by atoms with Crippen LogP contribution in [-0.2, 0) is 0 Å². The van der Waals surface area contributed by atoms with E-state index >= 15 is 0 Å². The van der Waals surface area contributed by atoms with Crippen molar-refractivity contribution >= 4 is 6.09 Å². The minimum atomic E-state index is -0.743. The maximum atomic E-state index is 10.6. The highest BCUT2D eigenvalue weighted by Crippen LogP contribution is 2.23. The highest BCUT2D eigenvalue weighted by molar-refractivity contribution is 5.68. The fourth-order valence-corrected chi connectivity index (χ4v) is 2.53. The summed E-state index contributed by atoms with van der Waals surface area (Å²) in [5, 5.41) is 8.71. The van der Waals surface area contributed by atoms with E-state index in [1.807, 2.05) is 0 Å². The number of hydrogen-bond acceptors (Lipinski definition) is 1. The molecular weight excluding hydrogens is 226 g/mol. The molecule has 0 bridgehead atoms. The van der Waals surface area contributed by atoms with Crippen molar-refractivity contribution < 1.29 is 9.90 Å². The molecule has 18 heavy (non-hydrogen) atoms. The Hall–Kier alpha value is -0.730. The summed E-state index contributed by atoms with van der Waals surface area (Å²) < 4.78 is 0. The third kappa shape index (κ3) is 6.87. The second kappa shape index (κ2) is 9.23. The van der Waals surface area contributed by atoms with Gasteiger partial charge in [-0.2, -0.15) is 0 Å². The molecule has 3 nitrogen and oxygen atoms in total. The first-order valence-electron chi connectivity index (χ1n) is 7.75. The Morgan fingerprint density at radius 3 is 1.94 bits per heavy atom. The van der Waals surface area contributed by atoms with Gasteiger partial charge in [-0.05, 0) is 6.42 Å². The summed E-state index contributed by atoms with van der Waals surface area (Å²) in [7, 11) is 0. The van der Waals surface area contributed by atoms with Gasteiger partial charge in [-0.25, -0.2) is 4.79 Å². The fraction of sp³-hybridized carbons (Fsp3) is 0.933. The van der Waals surface area contributed by atoms with Crippen LogP contribution in [0.4, 0.5) is 4.79 Å². The third-order valence-electron chi connectivity index (χ3n) is 3.85. The summed E-state index contributed by atoms with van der Waals surface area (Å²) in [5.74, 6) is 0. The molecule has 0 aliphatic carbocycles. The zero-order valence-corrected chi connectivity index (χ0v) is 11.9. The van der Waals surface area contributed by atoms with Crippen molar-refractivity contribution in [3.8, 4) is 0 Å². The average Bonchev–Trinajstić information content (AvgIpc) is 3.11. The quantitative estimate of drug-likeness (QED) is 0.431. The molecule has 1 fully saturated rings. The first-order chi connectivity index (χ1) is 8.75. The molecule has 0 saturated carbocycles. The van der Waals surface area contributed by atoms with Gasteiger partial charge >= 0.3 is 6.09 Å². The molecular formula is C15H29NO2. The molecule has 3 heteroatoms. The highest BCUT2D eigenvalue weighted by Gasteiger charge is 2.37. The van der Waals surface area contributed by atoms with E-state index in [9.17, 15) is 4.79 Å². The fourth-order valence-electron chi connectivity index (χ4n) is 2.53. The van der Waals surface area contributed by atoms with Gasteiger partial charge in [-0.3, -0.25) is 0 Å². The van der Waals surface area contributed by atoms with Crippen molar-refractivity contribution in [2.45, 2.75) is 83.6 Å². The summed E-state index contributed by atoms with van der Waals surface area (Å²) in [6, 6.07) is 0.344. The molecule has 0 aromatic rings. The molecule has 1 heterocycles. The lowest BCUT2D eigenvalue weighted by molar-refractivity contribution is 0.176. The average molecular weight is 255 g/mol.